The summed E-state index contributed by atoms with van der Waals surface area (Å²) >= 11 is 0. The molecule has 0 aliphatic carbocycles. The molecule has 4 rings (SSSR count). The van der Waals surface area contributed by atoms with E-state index in [1.54, 1.807) is 24.1 Å². The Labute approximate surface area is 208 Å². The van der Waals surface area contributed by atoms with E-state index >= 15 is 0 Å². The van der Waals surface area contributed by atoms with Gasteiger partial charge in [0, 0.05) is 38.0 Å². The first-order chi connectivity index (χ1) is 17.5. The van der Waals surface area contributed by atoms with E-state index in [1.165, 1.54) is 29.3 Å². The van der Waals surface area contributed by atoms with Crippen LogP contribution in [0.25, 0.3) is 11.3 Å². The number of carbonyl (C=O) groups is 2. The fourth-order valence-corrected chi connectivity index (χ4v) is 3.91. The summed E-state index contributed by atoms with van der Waals surface area (Å²) in [6.07, 6.45) is -2.57. The van der Waals surface area contributed by atoms with Crippen molar-refractivity contribution in [1.29, 1.82) is 0 Å². The second-order valence-electron chi connectivity index (χ2n) is 8.53. The molecule has 3 aromatic rings. The van der Waals surface area contributed by atoms with Crippen molar-refractivity contribution in [3.8, 4) is 22.9 Å². The quantitative estimate of drug-likeness (QED) is 0.479. The molecule has 13 heteroatoms. The number of imidazole rings is 1. The van der Waals surface area contributed by atoms with Crippen molar-refractivity contribution in [1.82, 2.24) is 19.4 Å². The maximum absolute atomic E-state index is 15.0. The maximum atomic E-state index is 15.0. The van der Waals surface area contributed by atoms with Gasteiger partial charge in [0.1, 0.15) is 17.4 Å². The number of rotatable bonds is 7. The number of likely N-dealkylation sites (tertiary alicyclic amines) is 1. The first kappa shape index (κ1) is 25.9. The Bertz CT molecular complexity index is 1280. The standard InChI is InChI=1S/C24H23F4N5O4/c1-32-12-19(31-13-32)15-9-17(22(29)35)23(30-10-15)36-20-6-7-33(11-18(20)25)21(34)8-14-2-4-16(5-3-14)37-24(26,27)28/h2-5,9-10,12-13,18,20H,6-8,11H2,1H3,(H2,29,35)/t18-,20-/m0/s1. The third-order valence-electron chi connectivity index (χ3n) is 5.73. The van der Waals surface area contributed by atoms with Crippen LogP contribution in [0.1, 0.15) is 22.3 Å². The largest absolute Gasteiger partial charge is 0.573 e. The number of hydrogen-bond acceptors (Lipinski definition) is 6. The van der Waals surface area contributed by atoms with Gasteiger partial charge in [0.2, 0.25) is 11.8 Å². The Hall–Kier alpha value is -4.16. The number of primary amides is 1. The van der Waals surface area contributed by atoms with Crippen molar-refractivity contribution in [3.63, 3.8) is 0 Å². The topological polar surface area (TPSA) is 113 Å². The van der Waals surface area contributed by atoms with Gasteiger partial charge in [0.25, 0.3) is 5.91 Å². The van der Waals surface area contributed by atoms with Crippen LogP contribution >= 0.6 is 0 Å². The van der Waals surface area contributed by atoms with Crippen LogP contribution in [0.3, 0.4) is 0 Å². The summed E-state index contributed by atoms with van der Waals surface area (Å²) in [6, 6.07) is 6.37. The zero-order valence-electron chi connectivity index (χ0n) is 19.6. The van der Waals surface area contributed by atoms with Crippen LogP contribution in [0, 0.1) is 0 Å². The van der Waals surface area contributed by atoms with Crippen molar-refractivity contribution in [2.24, 2.45) is 12.8 Å². The number of aromatic nitrogens is 3. The lowest BCUT2D eigenvalue weighted by atomic mass is 10.0. The molecule has 37 heavy (non-hydrogen) atoms. The smallest absolute Gasteiger partial charge is 0.471 e. The Balaban J connectivity index is 1.37. The molecule has 1 aliphatic rings. The predicted octanol–water partition coefficient (Wildman–Crippen LogP) is 3.04. The van der Waals surface area contributed by atoms with Gasteiger partial charge in [-0.25, -0.2) is 14.4 Å². The van der Waals surface area contributed by atoms with Gasteiger partial charge in [0.15, 0.2) is 6.17 Å². The highest BCUT2D eigenvalue weighted by Crippen LogP contribution is 2.27. The highest BCUT2D eigenvalue weighted by atomic mass is 19.4. The highest BCUT2D eigenvalue weighted by molar-refractivity contribution is 5.96. The molecule has 196 valence electrons. The summed E-state index contributed by atoms with van der Waals surface area (Å²) < 4.78 is 63.1. The van der Waals surface area contributed by atoms with Gasteiger partial charge in [-0.1, -0.05) is 12.1 Å². The molecule has 0 unspecified atom stereocenters. The van der Waals surface area contributed by atoms with Gasteiger partial charge >= 0.3 is 6.36 Å². The van der Waals surface area contributed by atoms with Gasteiger partial charge in [-0.2, -0.15) is 0 Å². The van der Waals surface area contributed by atoms with Crippen molar-refractivity contribution >= 4 is 11.8 Å². The van der Waals surface area contributed by atoms with Gasteiger partial charge < -0.3 is 24.7 Å². The summed E-state index contributed by atoms with van der Waals surface area (Å²) in [5, 5.41) is 0. The number of nitrogens with two attached hydrogens (primary N) is 1. The Kier molecular flexibility index (Phi) is 7.32. The predicted molar refractivity (Wildman–Crippen MR) is 122 cm³/mol. The molecule has 2 amide bonds. The van der Waals surface area contributed by atoms with Crippen molar-refractivity contribution in [2.75, 3.05) is 13.1 Å². The fourth-order valence-electron chi connectivity index (χ4n) is 3.91. The summed E-state index contributed by atoms with van der Waals surface area (Å²) in [5.41, 5.74) is 7.03. The lowest BCUT2D eigenvalue weighted by Crippen LogP contribution is -2.49. The summed E-state index contributed by atoms with van der Waals surface area (Å²) in [5.74, 6) is -1.69. The third kappa shape index (κ3) is 6.54. The van der Waals surface area contributed by atoms with Crippen LogP contribution in [-0.2, 0) is 18.3 Å². The zero-order valence-corrected chi connectivity index (χ0v) is 19.6. The van der Waals surface area contributed by atoms with Crippen molar-refractivity contribution < 1.29 is 36.6 Å². The van der Waals surface area contributed by atoms with Gasteiger partial charge in [-0.3, -0.25) is 9.59 Å². The number of amides is 2. The lowest BCUT2D eigenvalue weighted by molar-refractivity contribution is -0.274. The minimum absolute atomic E-state index is 0.0215. The zero-order chi connectivity index (χ0) is 26.7. The van der Waals surface area contributed by atoms with Crippen LogP contribution < -0.4 is 15.2 Å². The molecule has 0 saturated carbocycles. The first-order valence-corrected chi connectivity index (χ1v) is 11.2. The normalized spacial score (nSPS) is 17.9. The second-order valence-corrected chi connectivity index (χ2v) is 8.53. The average molecular weight is 521 g/mol. The van der Waals surface area contributed by atoms with E-state index in [0.29, 0.717) is 16.8 Å². The van der Waals surface area contributed by atoms with Crippen LogP contribution in [0.5, 0.6) is 11.6 Å². The van der Waals surface area contributed by atoms with E-state index in [0.717, 1.165) is 12.1 Å². The van der Waals surface area contributed by atoms with Crippen LogP contribution in [0.2, 0.25) is 0 Å². The molecule has 2 aromatic heterocycles. The summed E-state index contributed by atoms with van der Waals surface area (Å²) in [7, 11) is 1.79. The molecule has 2 N–H and O–H groups in total. The highest BCUT2D eigenvalue weighted by Gasteiger charge is 2.34. The van der Waals surface area contributed by atoms with Gasteiger partial charge in [0.05, 0.1) is 25.0 Å². The molecular formula is C24H23F4N5O4. The number of ether oxygens (including phenoxy) is 2. The first-order valence-electron chi connectivity index (χ1n) is 11.2. The second kappa shape index (κ2) is 10.4. The van der Waals surface area contributed by atoms with E-state index in [4.69, 9.17) is 10.5 Å². The molecule has 3 heterocycles. The molecular weight excluding hydrogens is 498 g/mol. The van der Waals surface area contributed by atoms with E-state index in [-0.39, 0.29) is 43.3 Å². The number of halogens is 4. The molecule has 0 spiro atoms. The van der Waals surface area contributed by atoms with Crippen molar-refractivity contribution in [2.45, 2.75) is 31.5 Å². The summed E-state index contributed by atoms with van der Waals surface area (Å²) in [6.45, 7) is -0.0756. The van der Waals surface area contributed by atoms with Crippen molar-refractivity contribution in [3.05, 3.63) is 60.2 Å². The third-order valence-corrected chi connectivity index (χ3v) is 5.73. The number of carbonyl (C=O) groups excluding carboxylic acids is 2. The Morgan fingerprint density at radius 3 is 2.51 bits per heavy atom. The molecule has 1 fully saturated rings. The molecule has 1 saturated heterocycles. The number of aryl methyl sites for hydroxylation is 1. The minimum atomic E-state index is -4.81. The van der Waals surface area contributed by atoms with Crippen LogP contribution in [-0.4, -0.2) is 63.0 Å². The Morgan fingerprint density at radius 2 is 1.92 bits per heavy atom. The maximum Gasteiger partial charge on any atom is 0.573 e. The SMILES string of the molecule is Cn1cnc(-c2cnc(O[C@H]3CCN(C(=O)Cc4ccc(OC(F)(F)F)cc4)C[C@@H]3F)c(C(N)=O)c2)c1. The number of nitrogens with zero attached hydrogens (tertiary/aromatic N) is 4. The Morgan fingerprint density at radius 1 is 1.19 bits per heavy atom. The number of piperidine rings is 1. The molecule has 0 radical (unpaired) electrons. The molecule has 9 nitrogen and oxygen atoms in total. The molecule has 1 aliphatic heterocycles. The average Bonchev–Trinajstić information content (AvgIpc) is 3.27. The van der Waals surface area contributed by atoms with Gasteiger partial charge in [-0.15, -0.1) is 13.2 Å². The molecule has 2 atom stereocenters. The van der Waals surface area contributed by atoms with E-state index < -0.39 is 30.3 Å². The van der Waals surface area contributed by atoms with Gasteiger partial charge in [-0.05, 0) is 23.8 Å². The lowest BCUT2D eigenvalue weighted by Gasteiger charge is -2.34. The van der Waals surface area contributed by atoms with E-state index in [2.05, 4.69) is 14.7 Å². The fraction of sp³-hybridized carbons (Fsp3) is 0.333. The van der Waals surface area contributed by atoms with Crippen LogP contribution in [0.15, 0.2) is 49.1 Å². The van der Waals surface area contributed by atoms with E-state index in [1.807, 2.05) is 0 Å². The van der Waals surface area contributed by atoms with Crippen LogP contribution in [0.4, 0.5) is 17.6 Å². The minimum Gasteiger partial charge on any atom is -0.471 e. The summed E-state index contributed by atoms with van der Waals surface area (Å²) in [4.78, 5) is 34.3. The molecule has 1 aromatic carbocycles. The number of benzene rings is 1. The number of alkyl halides is 4. The molecule has 0 bridgehead atoms. The number of hydrogen-bond donors (Lipinski definition) is 1. The van der Waals surface area contributed by atoms with E-state index in [9.17, 15) is 27.2 Å². The monoisotopic (exact) mass is 521 g/mol. The number of pyridine rings is 1.